The predicted molar refractivity (Wildman–Crippen MR) is 147 cm³/mol. The van der Waals surface area contributed by atoms with E-state index in [-0.39, 0.29) is 17.2 Å². The summed E-state index contributed by atoms with van der Waals surface area (Å²) in [5, 5.41) is 0.149. The van der Waals surface area contributed by atoms with Crippen molar-refractivity contribution >= 4 is 42.4 Å². The number of benzene rings is 2. The topological polar surface area (TPSA) is 89.0 Å². The van der Waals surface area contributed by atoms with E-state index in [2.05, 4.69) is 4.90 Å². The molecule has 0 spiro atoms. The third kappa shape index (κ3) is 6.67. The normalized spacial score (nSPS) is 14.8. The summed E-state index contributed by atoms with van der Waals surface area (Å²) in [7, 11) is -3.36. The van der Waals surface area contributed by atoms with Crippen LogP contribution >= 0.6 is 11.3 Å². The largest absolute Gasteiger partial charge is 0.492 e. The molecule has 1 saturated heterocycles. The molecule has 10 heteroatoms. The number of rotatable bonds is 11. The number of carbonyl (C=O) groups is 1. The fourth-order valence-corrected chi connectivity index (χ4v) is 6.33. The molecule has 1 aliphatic heterocycles. The van der Waals surface area contributed by atoms with Crippen molar-refractivity contribution in [1.82, 2.24) is 9.88 Å². The number of fused-ring (bicyclic) bond motifs is 1. The van der Waals surface area contributed by atoms with Gasteiger partial charge in [-0.25, -0.2) is 13.4 Å². The molecular weight excluding hydrogens is 510 g/mol. The zero-order chi connectivity index (χ0) is 26.4. The van der Waals surface area contributed by atoms with Crippen molar-refractivity contribution in [3.63, 3.8) is 0 Å². The average Bonchev–Trinajstić information content (AvgIpc) is 3.32. The lowest BCUT2D eigenvalue weighted by Crippen LogP contribution is -2.39. The number of thiazole rings is 1. The van der Waals surface area contributed by atoms with Gasteiger partial charge in [-0.15, -0.1) is 0 Å². The number of ether oxygens (including phenoxy) is 2. The molecule has 2 aromatic carbocycles. The second kappa shape index (κ2) is 12.3. The second-order valence-corrected chi connectivity index (χ2v) is 12.8. The second-order valence-electron chi connectivity index (χ2n) is 9.30. The van der Waals surface area contributed by atoms with Gasteiger partial charge in [-0.05, 0) is 57.0 Å². The van der Waals surface area contributed by atoms with Crippen molar-refractivity contribution < 1.29 is 22.7 Å². The highest BCUT2D eigenvalue weighted by atomic mass is 32.2. The summed E-state index contributed by atoms with van der Waals surface area (Å²) in [5.74, 6) is 0.642. The summed E-state index contributed by atoms with van der Waals surface area (Å²) in [6.07, 6.45) is 0.972. The minimum Gasteiger partial charge on any atom is -0.492 e. The summed E-state index contributed by atoms with van der Waals surface area (Å²) in [4.78, 5) is 22.8. The number of hydrogen-bond donors (Lipinski definition) is 0. The number of morpholine rings is 1. The van der Waals surface area contributed by atoms with Crippen LogP contribution in [0.2, 0.25) is 0 Å². The van der Waals surface area contributed by atoms with Crippen molar-refractivity contribution in [2.75, 3.05) is 50.9 Å². The SMILES string of the molecule is CCOc1cccc2sc(N(CCCN3CCOCC3)C(=O)Cc3ccc(S(=O)(=O)C(C)C)cc3)nc12. The number of hydrogen-bond acceptors (Lipinski definition) is 8. The maximum absolute atomic E-state index is 13.6. The third-order valence-electron chi connectivity index (χ3n) is 6.39. The minimum absolute atomic E-state index is 0.0709. The fourth-order valence-electron chi connectivity index (χ4n) is 4.24. The number of anilines is 1. The predicted octanol–water partition coefficient (Wildman–Crippen LogP) is 4.18. The van der Waals surface area contributed by atoms with Gasteiger partial charge in [0, 0.05) is 26.2 Å². The number of carbonyl (C=O) groups excluding carboxylic acids is 1. The maximum Gasteiger partial charge on any atom is 0.233 e. The van der Waals surface area contributed by atoms with Crippen LogP contribution in [0.25, 0.3) is 10.2 Å². The molecule has 37 heavy (non-hydrogen) atoms. The molecule has 1 aromatic heterocycles. The highest BCUT2D eigenvalue weighted by Crippen LogP contribution is 2.34. The van der Waals surface area contributed by atoms with Crippen molar-refractivity contribution in [1.29, 1.82) is 0 Å². The molecule has 0 radical (unpaired) electrons. The van der Waals surface area contributed by atoms with Crippen LogP contribution in [0.15, 0.2) is 47.4 Å². The van der Waals surface area contributed by atoms with Crippen LogP contribution in [0.5, 0.6) is 5.75 Å². The molecule has 0 aliphatic carbocycles. The van der Waals surface area contributed by atoms with E-state index in [0.29, 0.717) is 24.0 Å². The molecule has 0 N–H and O–H groups in total. The Morgan fingerprint density at radius 3 is 2.57 bits per heavy atom. The highest BCUT2D eigenvalue weighted by molar-refractivity contribution is 7.92. The van der Waals surface area contributed by atoms with Crippen LogP contribution in [0.3, 0.4) is 0 Å². The maximum atomic E-state index is 13.6. The minimum atomic E-state index is -3.36. The number of para-hydroxylation sites is 1. The van der Waals surface area contributed by atoms with E-state index in [9.17, 15) is 13.2 Å². The lowest BCUT2D eigenvalue weighted by Gasteiger charge is -2.27. The molecule has 1 fully saturated rings. The first-order valence-corrected chi connectivity index (χ1v) is 15.1. The molecule has 0 bridgehead atoms. The van der Waals surface area contributed by atoms with Gasteiger partial charge >= 0.3 is 0 Å². The zero-order valence-corrected chi connectivity index (χ0v) is 23.3. The standard InChI is InChI=1S/C27H35N3O5S2/c1-4-35-23-7-5-8-24-26(23)28-27(36-24)30(14-6-13-29-15-17-34-18-16-29)25(31)19-21-9-11-22(12-10-21)37(32,33)20(2)3/h5,7-12,20H,4,6,13-19H2,1-3H3. The molecule has 1 amide bonds. The monoisotopic (exact) mass is 545 g/mol. The quantitative estimate of drug-likeness (QED) is 0.357. The molecule has 2 heterocycles. The van der Waals surface area contributed by atoms with Crippen LogP contribution in [0.4, 0.5) is 5.13 Å². The molecule has 0 unspecified atom stereocenters. The Labute approximate surface area is 223 Å². The number of amides is 1. The van der Waals surface area contributed by atoms with E-state index in [0.717, 1.165) is 55.0 Å². The van der Waals surface area contributed by atoms with Crippen LogP contribution < -0.4 is 9.64 Å². The number of sulfone groups is 1. The Balaban J connectivity index is 1.55. The van der Waals surface area contributed by atoms with E-state index in [1.54, 1.807) is 43.0 Å². The Kier molecular flexibility index (Phi) is 9.17. The molecule has 0 saturated carbocycles. The number of aromatic nitrogens is 1. The van der Waals surface area contributed by atoms with Crippen LogP contribution in [0.1, 0.15) is 32.8 Å². The van der Waals surface area contributed by atoms with Gasteiger partial charge in [-0.2, -0.15) is 0 Å². The number of nitrogens with zero attached hydrogens (tertiary/aromatic N) is 3. The van der Waals surface area contributed by atoms with Gasteiger partial charge in [0.1, 0.15) is 11.3 Å². The summed E-state index contributed by atoms with van der Waals surface area (Å²) in [6, 6.07) is 12.5. The van der Waals surface area contributed by atoms with Crippen LogP contribution in [-0.4, -0.2) is 75.5 Å². The Morgan fingerprint density at radius 1 is 1.16 bits per heavy atom. The van der Waals surface area contributed by atoms with Crippen molar-refractivity contribution in [2.24, 2.45) is 0 Å². The van der Waals surface area contributed by atoms with Crippen molar-refractivity contribution in [3.05, 3.63) is 48.0 Å². The lowest BCUT2D eigenvalue weighted by molar-refractivity contribution is -0.118. The van der Waals surface area contributed by atoms with Gasteiger partial charge in [0.2, 0.25) is 5.91 Å². The highest BCUT2D eigenvalue weighted by Gasteiger charge is 2.23. The Bertz CT molecular complexity index is 1300. The first-order chi connectivity index (χ1) is 17.8. The Hall–Kier alpha value is -2.53. The van der Waals surface area contributed by atoms with E-state index >= 15 is 0 Å². The molecule has 200 valence electrons. The Morgan fingerprint density at radius 2 is 1.89 bits per heavy atom. The summed E-state index contributed by atoms with van der Waals surface area (Å²) >= 11 is 1.48. The van der Waals surface area contributed by atoms with Crippen molar-refractivity contribution in [2.45, 2.75) is 43.8 Å². The molecule has 1 aliphatic rings. The molecular formula is C27H35N3O5S2. The van der Waals surface area contributed by atoms with E-state index in [1.165, 1.54) is 11.3 Å². The van der Waals surface area contributed by atoms with Gasteiger partial charge in [0.15, 0.2) is 15.0 Å². The van der Waals surface area contributed by atoms with E-state index < -0.39 is 15.1 Å². The van der Waals surface area contributed by atoms with E-state index in [1.807, 2.05) is 25.1 Å². The van der Waals surface area contributed by atoms with Gasteiger partial charge in [-0.1, -0.05) is 29.5 Å². The van der Waals surface area contributed by atoms with Gasteiger partial charge in [0.05, 0.1) is 41.1 Å². The lowest BCUT2D eigenvalue weighted by atomic mass is 10.1. The molecule has 8 nitrogen and oxygen atoms in total. The van der Waals surface area contributed by atoms with E-state index in [4.69, 9.17) is 14.5 Å². The van der Waals surface area contributed by atoms with Crippen LogP contribution in [-0.2, 0) is 25.8 Å². The average molecular weight is 546 g/mol. The van der Waals surface area contributed by atoms with Crippen molar-refractivity contribution in [3.8, 4) is 5.75 Å². The first kappa shape index (κ1) is 27.5. The summed E-state index contributed by atoms with van der Waals surface area (Å²) in [5.41, 5.74) is 1.53. The van der Waals surface area contributed by atoms with Gasteiger partial charge in [0.25, 0.3) is 0 Å². The van der Waals surface area contributed by atoms with Crippen LogP contribution in [0, 0.1) is 0 Å². The smallest absolute Gasteiger partial charge is 0.233 e. The third-order valence-corrected chi connectivity index (χ3v) is 9.60. The molecule has 4 rings (SSSR count). The summed E-state index contributed by atoms with van der Waals surface area (Å²) in [6.45, 7) is 10.5. The molecule has 0 atom stereocenters. The summed E-state index contributed by atoms with van der Waals surface area (Å²) < 4.78 is 37.1. The van der Waals surface area contributed by atoms with Gasteiger partial charge < -0.3 is 9.47 Å². The van der Waals surface area contributed by atoms with Gasteiger partial charge in [-0.3, -0.25) is 14.6 Å². The molecule has 3 aromatic rings. The first-order valence-electron chi connectivity index (χ1n) is 12.7. The zero-order valence-electron chi connectivity index (χ0n) is 21.7. The fraction of sp³-hybridized carbons (Fsp3) is 0.481.